The SMILES string of the molecule is COc1ccc(-c2nn3c(C4COc5ccccc5O4)nnc3s2)cc1OC. The number of hydrogen-bond donors (Lipinski definition) is 0. The molecule has 0 N–H and O–H groups in total. The molecular weight excluding hydrogens is 380 g/mol. The van der Waals surface area contributed by atoms with Crippen LogP contribution < -0.4 is 18.9 Å². The number of benzene rings is 2. The van der Waals surface area contributed by atoms with Crippen molar-refractivity contribution in [1.82, 2.24) is 19.8 Å². The van der Waals surface area contributed by atoms with E-state index in [2.05, 4.69) is 15.3 Å². The van der Waals surface area contributed by atoms with Gasteiger partial charge >= 0.3 is 0 Å². The van der Waals surface area contributed by atoms with Gasteiger partial charge in [0.25, 0.3) is 0 Å². The predicted molar refractivity (Wildman–Crippen MR) is 103 cm³/mol. The summed E-state index contributed by atoms with van der Waals surface area (Å²) in [5.41, 5.74) is 0.908. The van der Waals surface area contributed by atoms with Gasteiger partial charge in [-0.15, -0.1) is 10.2 Å². The van der Waals surface area contributed by atoms with Gasteiger partial charge in [0.05, 0.1) is 14.2 Å². The van der Waals surface area contributed by atoms with Gasteiger partial charge in [0.1, 0.15) is 11.6 Å². The summed E-state index contributed by atoms with van der Waals surface area (Å²) < 4.78 is 24.2. The molecule has 1 aliphatic rings. The number of para-hydroxylation sites is 2. The summed E-state index contributed by atoms with van der Waals surface area (Å²) in [5.74, 6) is 3.33. The Hall–Kier alpha value is -3.33. The molecule has 0 saturated carbocycles. The van der Waals surface area contributed by atoms with Crippen LogP contribution >= 0.6 is 11.3 Å². The number of hydrogen-bond acceptors (Lipinski definition) is 8. The lowest BCUT2D eigenvalue weighted by Gasteiger charge is -2.24. The Balaban J connectivity index is 1.50. The lowest BCUT2D eigenvalue weighted by Crippen LogP contribution is -2.23. The van der Waals surface area contributed by atoms with Gasteiger partial charge in [-0.25, -0.2) is 0 Å². The van der Waals surface area contributed by atoms with Crippen LogP contribution in [0.4, 0.5) is 0 Å². The second-order valence-corrected chi connectivity index (χ2v) is 7.05. The van der Waals surface area contributed by atoms with Crippen molar-refractivity contribution in [3.05, 3.63) is 48.3 Å². The van der Waals surface area contributed by atoms with Crippen LogP contribution in [0.3, 0.4) is 0 Å². The molecule has 4 aromatic rings. The first-order chi connectivity index (χ1) is 13.8. The van der Waals surface area contributed by atoms with Crippen molar-refractivity contribution in [3.63, 3.8) is 0 Å². The van der Waals surface area contributed by atoms with Crippen LogP contribution in [0, 0.1) is 0 Å². The molecule has 2 aromatic carbocycles. The van der Waals surface area contributed by atoms with Crippen molar-refractivity contribution in [3.8, 4) is 33.6 Å². The zero-order valence-corrected chi connectivity index (χ0v) is 16.0. The molecule has 5 rings (SSSR count). The smallest absolute Gasteiger partial charge is 0.235 e. The topological polar surface area (TPSA) is 80.0 Å². The quantitative estimate of drug-likeness (QED) is 0.523. The number of methoxy groups -OCH3 is 2. The van der Waals surface area contributed by atoms with E-state index in [4.69, 9.17) is 18.9 Å². The fraction of sp³-hybridized carbons (Fsp3) is 0.211. The highest BCUT2D eigenvalue weighted by Gasteiger charge is 2.28. The van der Waals surface area contributed by atoms with Gasteiger partial charge in [-0.3, -0.25) is 0 Å². The molecule has 2 aromatic heterocycles. The summed E-state index contributed by atoms with van der Waals surface area (Å²) in [4.78, 5) is 0.683. The second kappa shape index (κ2) is 6.68. The molecule has 8 nitrogen and oxygen atoms in total. The molecule has 0 fully saturated rings. The molecule has 0 radical (unpaired) electrons. The largest absolute Gasteiger partial charge is 0.493 e. The number of fused-ring (bicyclic) bond motifs is 2. The molecule has 1 unspecified atom stereocenters. The first kappa shape index (κ1) is 16.8. The third kappa shape index (κ3) is 2.71. The Kier molecular flexibility index (Phi) is 4.01. The van der Waals surface area contributed by atoms with Crippen LogP contribution in [0.5, 0.6) is 23.0 Å². The number of ether oxygens (including phenoxy) is 4. The van der Waals surface area contributed by atoms with E-state index in [1.165, 1.54) is 11.3 Å². The minimum atomic E-state index is -0.384. The molecule has 0 spiro atoms. The van der Waals surface area contributed by atoms with E-state index >= 15 is 0 Å². The molecule has 0 bridgehead atoms. The van der Waals surface area contributed by atoms with Gasteiger partial charge in [0.15, 0.2) is 34.9 Å². The highest BCUT2D eigenvalue weighted by atomic mass is 32.1. The van der Waals surface area contributed by atoms with Crippen molar-refractivity contribution < 1.29 is 18.9 Å². The average molecular weight is 396 g/mol. The number of rotatable bonds is 4. The van der Waals surface area contributed by atoms with Crippen LogP contribution in [0.25, 0.3) is 15.5 Å². The van der Waals surface area contributed by atoms with Crippen LogP contribution in [-0.2, 0) is 0 Å². The van der Waals surface area contributed by atoms with Crippen molar-refractivity contribution in [1.29, 1.82) is 0 Å². The summed E-state index contributed by atoms with van der Waals surface area (Å²) in [6.45, 7) is 0.348. The molecule has 28 heavy (non-hydrogen) atoms. The summed E-state index contributed by atoms with van der Waals surface area (Å²) in [6, 6.07) is 13.2. The molecule has 0 aliphatic carbocycles. The maximum Gasteiger partial charge on any atom is 0.235 e. The maximum atomic E-state index is 6.05. The van der Waals surface area contributed by atoms with Gasteiger partial charge in [-0.05, 0) is 30.3 Å². The Morgan fingerprint density at radius 1 is 1.04 bits per heavy atom. The Labute approximate surface area is 164 Å². The van der Waals surface area contributed by atoms with Gasteiger partial charge in [-0.1, -0.05) is 23.5 Å². The molecule has 0 amide bonds. The van der Waals surface area contributed by atoms with Crippen LogP contribution in [0.15, 0.2) is 42.5 Å². The highest BCUT2D eigenvalue weighted by molar-refractivity contribution is 7.19. The number of nitrogens with zero attached hydrogens (tertiary/aromatic N) is 4. The standard InChI is InChI=1S/C19H16N4O4S/c1-24-12-8-7-11(9-15(12)25-2)18-22-23-17(20-21-19(23)28-18)16-10-26-13-5-3-4-6-14(13)27-16/h3-9,16H,10H2,1-2H3. The summed E-state index contributed by atoms with van der Waals surface area (Å²) in [6.07, 6.45) is -0.384. The molecule has 3 heterocycles. The van der Waals surface area contributed by atoms with Crippen molar-refractivity contribution >= 4 is 16.3 Å². The summed E-state index contributed by atoms with van der Waals surface area (Å²) in [7, 11) is 3.22. The fourth-order valence-electron chi connectivity index (χ4n) is 3.07. The fourth-order valence-corrected chi connectivity index (χ4v) is 3.91. The first-order valence-corrected chi connectivity index (χ1v) is 9.41. The highest BCUT2D eigenvalue weighted by Crippen LogP contribution is 2.37. The van der Waals surface area contributed by atoms with E-state index in [9.17, 15) is 0 Å². The molecule has 1 aliphatic heterocycles. The molecule has 0 saturated heterocycles. The third-order valence-corrected chi connectivity index (χ3v) is 5.39. The maximum absolute atomic E-state index is 6.05. The first-order valence-electron chi connectivity index (χ1n) is 8.60. The zero-order chi connectivity index (χ0) is 19.1. The van der Waals surface area contributed by atoms with Gasteiger partial charge in [0.2, 0.25) is 4.96 Å². The van der Waals surface area contributed by atoms with Crippen LogP contribution in [0.1, 0.15) is 11.9 Å². The van der Waals surface area contributed by atoms with Crippen molar-refractivity contribution in [2.75, 3.05) is 20.8 Å². The lowest BCUT2D eigenvalue weighted by atomic mass is 10.2. The number of aromatic nitrogens is 4. The molecular formula is C19H16N4O4S. The van der Waals surface area contributed by atoms with E-state index in [1.54, 1.807) is 18.7 Å². The third-order valence-electron chi connectivity index (χ3n) is 4.44. The van der Waals surface area contributed by atoms with E-state index in [1.807, 2.05) is 42.5 Å². The molecule has 9 heteroatoms. The van der Waals surface area contributed by atoms with E-state index < -0.39 is 0 Å². The average Bonchev–Trinajstić information content (AvgIpc) is 3.34. The van der Waals surface area contributed by atoms with E-state index in [0.29, 0.717) is 34.6 Å². The monoisotopic (exact) mass is 396 g/mol. The minimum absolute atomic E-state index is 0.348. The van der Waals surface area contributed by atoms with Crippen molar-refractivity contribution in [2.45, 2.75) is 6.10 Å². The van der Waals surface area contributed by atoms with Gasteiger partial charge in [-0.2, -0.15) is 9.61 Å². The minimum Gasteiger partial charge on any atom is -0.493 e. The molecule has 142 valence electrons. The summed E-state index contributed by atoms with van der Waals surface area (Å²) >= 11 is 1.44. The zero-order valence-electron chi connectivity index (χ0n) is 15.2. The normalized spacial score (nSPS) is 15.6. The second-order valence-electron chi connectivity index (χ2n) is 6.09. The van der Waals surface area contributed by atoms with E-state index in [-0.39, 0.29) is 6.10 Å². The Bertz CT molecular complexity index is 1160. The lowest BCUT2D eigenvalue weighted by molar-refractivity contribution is 0.0836. The van der Waals surface area contributed by atoms with Crippen molar-refractivity contribution in [2.24, 2.45) is 0 Å². The Morgan fingerprint density at radius 3 is 2.68 bits per heavy atom. The summed E-state index contributed by atoms with van der Waals surface area (Å²) in [5, 5.41) is 14.0. The van der Waals surface area contributed by atoms with E-state index in [0.717, 1.165) is 16.3 Å². The van der Waals surface area contributed by atoms with Crippen LogP contribution in [-0.4, -0.2) is 40.6 Å². The Morgan fingerprint density at radius 2 is 1.86 bits per heavy atom. The molecule has 1 atom stereocenters. The van der Waals surface area contributed by atoms with Crippen LogP contribution in [0.2, 0.25) is 0 Å². The van der Waals surface area contributed by atoms with Gasteiger partial charge in [0, 0.05) is 5.56 Å². The van der Waals surface area contributed by atoms with Gasteiger partial charge < -0.3 is 18.9 Å². The predicted octanol–water partition coefficient (Wildman–Crippen LogP) is 3.38.